The number of para-hydroxylation sites is 1. The maximum absolute atomic E-state index is 10.5. The molecule has 32 heavy (non-hydrogen) atoms. The Labute approximate surface area is 181 Å². The number of aromatic nitrogens is 5. The number of nitrogens with one attached hydrogen (secondary N) is 1. The Morgan fingerprint density at radius 2 is 2.00 bits per heavy atom. The molecule has 12 nitrogen and oxygen atoms in total. The number of hydrogen-bond donors (Lipinski definition) is 5. The predicted molar refractivity (Wildman–Crippen MR) is 116 cm³/mol. The number of nitrogen functional groups attached to an aromatic ring is 1. The SMILES string of the molecule is Nc1ncnc2c1nc(N/N=C\c1ccnc3ccccc13)n2[C@H]1O[C@@H](CO)[C@H](O)[C@@H]1O. The van der Waals surface area contributed by atoms with Crippen LogP contribution in [0.4, 0.5) is 11.8 Å². The second kappa shape index (κ2) is 8.09. The second-order valence-electron chi connectivity index (χ2n) is 7.25. The highest BCUT2D eigenvalue weighted by Gasteiger charge is 2.45. The van der Waals surface area contributed by atoms with E-state index in [2.05, 4.69) is 30.5 Å². The fraction of sp³-hybridized carbons (Fsp3) is 0.250. The molecular formula is C20H20N8O4. The molecule has 1 aromatic carbocycles. The van der Waals surface area contributed by atoms with E-state index < -0.39 is 31.1 Å². The maximum Gasteiger partial charge on any atom is 0.228 e. The van der Waals surface area contributed by atoms with Crippen molar-refractivity contribution in [3.8, 4) is 0 Å². The maximum atomic E-state index is 10.5. The number of anilines is 2. The molecule has 4 heterocycles. The van der Waals surface area contributed by atoms with Crippen molar-refractivity contribution in [3.05, 3.63) is 48.4 Å². The van der Waals surface area contributed by atoms with Gasteiger partial charge in [0, 0.05) is 17.1 Å². The van der Waals surface area contributed by atoms with Crippen LogP contribution in [0.5, 0.6) is 0 Å². The minimum Gasteiger partial charge on any atom is -0.394 e. The van der Waals surface area contributed by atoms with Crippen LogP contribution < -0.4 is 11.2 Å². The number of hydrogen-bond acceptors (Lipinski definition) is 11. The molecule has 3 aromatic heterocycles. The zero-order valence-corrected chi connectivity index (χ0v) is 16.6. The number of imidazole rings is 1. The summed E-state index contributed by atoms with van der Waals surface area (Å²) in [4.78, 5) is 16.9. The topological polar surface area (TPSA) is 177 Å². The van der Waals surface area contributed by atoms with E-state index in [-0.39, 0.29) is 22.9 Å². The highest BCUT2D eigenvalue weighted by Crippen LogP contribution is 2.35. The first-order valence-corrected chi connectivity index (χ1v) is 9.82. The molecule has 0 saturated carbocycles. The quantitative estimate of drug-likeness (QED) is 0.212. The van der Waals surface area contributed by atoms with Crippen molar-refractivity contribution in [3.63, 3.8) is 0 Å². The van der Waals surface area contributed by atoms with Gasteiger partial charge >= 0.3 is 0 Å². The lowest BCUT2D eigenvalue weighted by molar-refractivity contribution is -0.0501. The highest BCUT2D eigenvalue weighted by molar-refractivity contribution is 5.98. The lowest BCUT2D eigenvalue weighted by Crippen LogP contribution is -2.33. The van der Waals surface area contributed by atoms with Crippen LogP contribution in [-0.2, 0) is 4.74 Å². The van der Waals surface area contributed by atoms with Crippen LogP contribution in [0, 0.1) is 0 Å². The number of aliphatic hydroxyl groups excluding tert-OH is 3. The first-order valence-electron chi connectivity index (χ1n) is 9.82. The minimum absolute atomic E-state index is 0.132. The van der Waals surface area contributed by atoms with Gasteiger partial charge in [-0.15, -0.1) is 0 Å². The monoisotopic (exact) mass is 436 g/mol. The number of rotatable bonds is 5. The van der Waals surface area contributed by atoms with Crippen LogP contribution in [0.15, 0.2) is 48.0 Å². The lowest BCUT2D eigenvalue weighted by Gasteiger charge is -2.18. The van der Waals surface area contributed by atoms with E-state index >= 15 is 0 Å². The van der Waals surface area contributed by atoms with Crippen molar-refractivity contribution in [2.24, 2.45) is 5.10 Å². The first kappa shape index (κ1) is 20.2. The molecule has 164 valence electrons. The van der Waals surface area contributed by atoms with E-state index in [0.717, 1.165) is 16.5 Å². The number of pyridine rings is 1. The largest absolute Gasteiger partial charge is 0.394 e. The Morgan fingerprint density at radius 3 is 2.81 bits per heavy atom. The van der Waals surface area contributed by atoms with Gasteiger partial charge in [0.1, 0.15) is 24.6 Å². The molecule has 6 N–H and O–H groups in total. The number of hydrazone groups is 1. The van der Waals surface area contributed by atoms with E-state index in [0.29, 0.717) is 0 Å². The van der Waals surface area contributed by atoms with Crippen molar-refractivity contribution in [1.82, 2.24) is 24.5 Å². The van der Waals surface area contributed by atoms with Crippen LogP contribution in [0.25, 0.3) is 22.1 Å². The number of fused-ring (bicyclic) bond motifs is 2. The van der Waals surface area contributed by atoms with Gasteiger partial charge in [0.15, 0.2) is 23.2 Å². The van der Waals surface area contributed by atoms with E-state index in [1.807, 2.05) is 30.3 Å². The zero-order valence-electron chi connectivity index (χ0n) is 16.6. The molecule has 0 radical (unpaired) electrons. The van der Waals surface area contributed by atoms with Crippen molar-refractivity contribution in [2.75, 3.05) is 17.8 Å². The zero-order chi connectivity index (χ0) is 22.2. The second-order valence-corrected chi connectivity index (χ2v) is 7.25. The van der Waals surface area contributed by atoms with Gasteiger partial charge < -0.3 is 25.8 Å². The summed E-state index contributed by atoms with van der Waals surface area (Å²) in [5, 5.41) is 35.4. The Kier molecular flexibility index (Phi) is 5.11. The van der Waals surface area contributed by atoms with Gasteiger partial charge in [-0.2, -0.15) is 5.10 Å². The standard InChI is InChI=1S/C20H20N8O4/c21-17-14-18(24-9-23-17)28(19-16(31)15(30)13(8-29)32-19)20(26-14)27-25-7-10-5-6-22-12-4-2-1-3-11(10)12/h1-7,9,13,15-16,19,29-31H,8H2,(H,26,27)(H2,21,23,24)/b25-7-/t13-,15-,16-,19-/m0/s1. The molecule has 0 aliphatic carbocycles. The van der Waals surface area contributed by atoms with E-state index in [1.54, 1.807) is 12.4 Å². The van der Waals surface area contributed by atoms with Crippen molar-refractivity contribution < 1.29 is 20.1 Å². The fourth-order valence-corrected chi connectivity index (χ4v) is 3.73. The molecular weight excluding hydrogens is 416 g/mol. The number of ether oxygens (including phenoxy) is 1. The molecule has 0 unspecified atom stereocenters. The third-order valence-electron chi connectivity index (χ3n) is 5.33. The summed E-state index contributed by atoms with van der Waals surface area (Å²) < 4.78 is 7.09. The minimum atomic E-state index is -1.34. The van der Waals surface area contributed by atoms with E-state index in [4.69, 9.17) is 10.5 Å². The summed E-state index contributed by atoms with van der Waals surface area (Å²) in [5.74, 6) is 0.296. The third-order valence-corrected chi connectivity index (χ3v) is 5.33. The van der Waals surface area contributed by atoms with Gasteiger partial charge in [0.05, 0.1) is 18.3 Å². The van der Waals surface area contributed by atoms with Gasteiger partial charge in [-0.3, -0.25) is 9.55 Å². The Balaban J connectivity index is 1.53. The summed E-state index contributed by atoms with van der Waals surface area (Å²) in [5.41, 5.74) is 11.0. The van der Waals surface area contributed by atoms with Crippen molar-refractivity contribution in [1.29, 1.82) is 0 Å². The van der Waals surface area contributed by atoms with Gasteiger partial charge in [-0.25, -0.2) is 20.4 Å². The summed E-state index contributed by atoms with van der Waals surface area (Å²) in [7, 11) is 0. The third kappa shape index (κ3) is 3.31. The summed E-state index contributed by atoms with van der Waals surface area (Å²) in [6, 6.07) is 9.49. The van der Waals surface area contributed by atoms with Crippen LogP contribution in [0.2, 0.25) is 0 Å². The number of nitrogens with zero attached hydrogens (tertiary/aromatic N) is 6. The predicted octanol–water partition coefficient (Wildman–Crippen LogP) is 0.0142. The molecule has 0 bridgehead atoms. The summed E-state index contributed by atoms with van der Waals surface area (Å²) in [6.07, 6.45) is -0.121. The lowest BCUT2D eigenvalue weighted by atomic mass is 10.1. The molecule has 0 spiro atoms. The number of benzene rings is 1. The number of aliphatic hydroxyl groups is 3. The summed E-state index contributed by atoms with van der Waals surface area (Å²) in [6.45, 7) is -0.464. The molecule has 1 saturated heterocycles. The smallest absolute Gasteiger partial charge is 0.228 e. The molecule has 1 aliphatic heterocycles. The van der Waals surface area contributed by atoms with E-state index in [9.17, 15) is 15.3 Å². The van der Waals surface area contributed by atoms with Crippen LogP contribution in [0.3, 0.4) is 0 Å². The van der Waals surface area contributed by atoms with Crippen LogP contribution in [0.1, 0.15) is 11.8 Å². The first-order chi connectivity index (χ1) is 15.6. The molecule has 5 rings (SSSR count). The molecule has 12 heteroatoms. The van der Waals surface area contributed by atoms with Gasteiger partial charge in [0.25, 0.3) is 0 Å². The molecule has 0 amide bonds. The molecule has 4 atom stereocenters. The number of nitrogens with two attached hydrogens (primary N) is 1. The molecule has 4 aromatic rings. The Hall–Kier alpha value is -3.71. The van der Waals surface area contributed by atoms with Gasteiger partial charge in [-0.05, 0) is 12.1 Å². The van der Waals surface area contributed by atoms with Gasteiger partial charge in [-0.1, -0.05) is 18.2 Å². The van der Waals surface area contributed by atoms with Crippen molar-refractivity contribution >= 4 is 40.0 Å². The Bertz CT molecular complexity index is 1300. The average Bonchev–Trinajstić information content (AvgIpc) is 3.31. The van der Waals surface area contributed by atoms with E-state index in [1.165, 1.54) is 10.9 Å². The summed E-state index contributed by atoms with van der Waals surface area (Å²) >= 11 is 0. The molecule has 1 aliphatic rings. The molecule has 1 fully saturated rings. The van der Waals surface area contributed by atoms with Gasteiger partial charge in [0.2, 0.25) is 5.95 Å². The van der Waals surface area contributed by atoms with Crippen molar-refractivity contribution in [2.45, 2.75) is 24.5 Å². The normalized spacial score (nSPS) is 23.5. The Morgan fingerprint density at radius 1 is 1.16 bits per heavy atom. The fourth-order valence-electron chi connectivity index (χ4n) is 3.73. The average molecular weight is 436 g/mol. The van der Waals surface area contributed by atoms with Crippen LogP contribution in [-0.4, -0.2) is 71.0 Å². The van der Waals surface area contributed by atoms with Crippen LogP contribution >= 0.6 is 0 Å². The highest BCUT2D eigenvalue weighted by atomic mass is 16.6.